The number of halogens is 2. The Morgan fingerprint density at radius 2 is 1.80 bits per heavy atom. The van der Waals surface area contributed by atoms with Crippen LogP contribution in [0, 0.1) is 0 Å². The van der Waals surface area contributed by atoms with Gasteiger partial charge < -0.3 is 15.5 Å². The van der Waals surface area contributed by atoms with Gasteiger partial charge in [0.2, 0.25) is 0 Å². The fourth-order valence-electron chi connectivity index (χ4n) is 2.43. The summed E-state index contributed by atoms with van der Waals surface area (Å²) >= 11 is 11.7. The predicted octanol–water partition coefficient (Wildman–Crippen LogP) is 2.45. The molecule has 0 aromatic heterocycles. The van der Waals surface area contributed by atoms with Crippen LogP contribution in [0.15, 0.2) is 18.2 Å². The van der Waals surface area contributed by atoms with Crippen molar-refractivity contribution in [3.8, 4) is 0 Å². The second-order valence-corrected chi connectivity index (χ2v) is 5.95. The van der Waals surface area contributed by atoms with E-state index in [-0.39, 0.29) is 6.04 Å². The molecule has 0 spiro atoms. The van der Waals surface area contributed by atoms with Crippen LogP contribution in [0.4, 0.5) is 0 Å². The summed E-state index contributed by atoms with van der Waals surface area (Å²) in [5.41, 5.74) is 0.338. The minimum atomic E-state index is -1.35. The van der Waals surface area contributed by atoms with Crippen LogP contribution in [0.2, 0.25) is 10.0 Å². The number of carbonyl (C=O) groups is 1. The van der Waals surface area contributed by atoms with Crippen LogP contribution in [-0.2, 0) is 4.79 Å². The average molecular weight is 318 g/mol. The van der Waals surface area contributed by atoms with Gasteiger partial charge in [0.15, 0.2) is 6.10 Å². The summed E-state index contributed by atoms with van der Waals surface area (Å²) in [7, 11) is 0. The van der Waals surface area contributed by atoms with Gasteiger partial charge in [-0.15, -0.1) is 0 Å². The van der Waals surface area contributed by atoms with Gasteiger partial charge in [-0.2, -0.15) is 0 Å². The molecule has 3 unspecified atom stereocenters. The highest BCUT2D eigenvalue weighted by Crippen LogP contribution is 2.24. The molecule has 0 radical (unpaired) electrons. The second-order valence-electron chi connectivity index (χ2n) is 5.07. The van der Waals surface area contributed by atoms with E-state index in [4.69, 9.17) is 23.2 Å². The Hall–Kier alpha value is -0.810. The van der Waals surface area contributed by atoms with Crippen LogP contribution in [0.1, 0.15) is 37.4 Å². The lowest BCUT2D eigenvalue weighted by atomic mass is 9.92. The molecule has 1 aromatic carbocycles. The van der Waals surface area contributed by atoms with Crippen LogP contribution in [0.5, 0.6) is 0 Å². The zero-order chi connectivity index (χ0) is 14.7. The van der Waals surface area contributed by atoms with Crippen molar-refractivity contribution < 1.29 is 15.0 Å². The fraction of sp³-hybridized carbons (Fsp3) is 0.500. The maximum Gasteiger partial charge on any atom is 0.253 e. The van der Waals surface area contributed by atoms with Crippen LogP contribution in [0.25, 0.3) is 0 Å². The van der Waals surface area contributed by atoms with Crippen molar-refractivity contribution in [3.05, 3.63) is 33.8 Å². The number of hydrogen-bond acceptors (Lipinski definition) is 3. The molecular weight excluding hydrogens is 301 g/mol. The van der Waals surface area contributed by atoms with E-state index in [1.807, 2.05) is 0 Å². The lowest BCUT2D eigenvalue weighted by Crippen LogP contribution is -2.46. The molecular formula is C14H17Cl2NO3. The molecule has 0 bridgehead atoms. The molecule has 1 fully saturated rings. The second kappa shape index (κ2) is 6.76. The van der Waals surface area contributed by atoms with Gasteiger partial charge in [-0.1, -0.05) is 36.0 Å². The third-order valence-electron chi connectivity index (χ3n) is 3.51. The predicted molar refractivity (Wildman–Crippen MR) is 77.8 cm³/mol. The number of benzene rings is 1. The van der Waals surface area contributed by atoms with Gasteiger partial charge in [-0.25, -0.2) is 0 Å². The zero-order valence-electron chi connectivity index (χ0n) is 10.9. The Morgan fingerprint density at radius 1 is 1.20 bits per heavy atom. The Balaban J connectivity index is 2.04. The molecule has 4 nitrogen and oxygen atoms in total. The number of aliphatic hydroxyl groups is 2. The molecule has 1 saturated carbocycles. The molecule has 1 aliphatic carbocycles. The molecule has 20 heavy (non-hydrogen) atoms. The van der Waals surface area contributed by atoms with Crippen molar-refractivity contribution in [2.45, 2.75) is 43.9 Å². The van der Waals surface area contributed by atoms with Gasteiger partial charge in [0.05, 0.1) is 12.1 Å². The molecule has 0 heterocycles. The van der Waals surface area contributed by atoms with Crippen LogP contribution < -0.4 is 5.32 Å². The molecule has 2 rings (SSSR count). The third-order valence-corrected chi connectivity index (χ3v) is 3.94. The molecule has 6 heteroatoms. The van der Waals surface area contributed by atoms with Gasteiger partial charge >= 0.3 is 0 Å². The minimum Gasteiger partial charge on any atom is -0.391 e. The number of carbonyl (C=O) groups excluding carboxylic acids is 1. The zero-order valence-corrected chi connectivity index (χ0v) is 12.4. The van der Waals surface area contributed by atoms with Gasteiger partial charge in [0.1, 0.15) is 0 Å². The molecule has 110 valence electrons. The quantitative estimate of drug-likeness (QED) is 0.802. The molecule has 0 saturated heterocycles. The maximum atomic E-state index is 12.0. The third kappa shape index (κ3) is 3.85. The van der Waals surface area contributed by atoms with E-state index in [9.17, 15) is 15.0 Å². The summed E-state index contributed by atoms with van der Waals surface area (Å²) in [4.78, 5) is 12.0. The number of hydrogen-bond donors (Lipinski definition) is 3. The number of rotatable bonds is 3. The Bertz CT molecular complexity index is 475. The summed E-state index contributed by atoms with van der Waals surface area (Å²) in [5.74, 6) is -0.547. The Morgan fingerprint density at radius 3 is 2.40 bits per heavy atom. The number of aliphatic hydroxyl groups excluding tert-OH is 2. The first-order valence-electron chi connectivity index (χ1n) is 6.60. The largest absolute Gasteiger partial charge is 0.391 e. The van der Waals surface area contributed by atoms with E-state index < -0.39 is 18.1 Å². The first-order chi connectivity index (χ1) is 9.47. The molecule has 3 atom stereocenters. The number of amides is 1. The van der Waals surface area contributed by atoms with E-state index >= 15 is 0 Å². The van der Waals surface area contributed by atoms with Crippen molar-refractivity contribution in [2.24, 2.45) is 0 Å². The molecule has 1 aromatic rings. The highest BCUT2D eigenvalue weighted by molar-refractivity contribution is 6.34. The SMILES string of the molecule is O=C(NC1CCCCC1O)C(O)c1cc(Cl)cc(Cl)c1. The van der Waals surface area contributed by atoms with Gasteiger partial charge in [-0.3, -0.25) is 4.79 Å². The maximum absolute atomic E-state index is 12.0. The normalized spacial score (nSPS) is 24.2. The van der Waals surface area contributed by atoms with Crippen LogP contribution >= 0.6 is 23.2 Å². The molecule has 0 aliphatic heterocycles. The highest BCUT2D eigenvalue weighted by Gasteiger charge is 2.27. The van der Waals surface area contributed by atoms with E-state index in [1.54, 1.807) is 0 Å². The smallest absolute Gasteiger partial charge is 0.253 e. The lowest BCUT2D eigenvalue weighted by molar-refractivity contribution is -0.131. The standard InChI is InChI=1S/C14H17Cl2NO3/c15-9-5-8(6-10(16)7-9)13(19)14(20)17-11-3-1-2-4-12(11)18/h5-7,11-13,18-19H,1-4H2,(H,17,20). The van der Waals surface area contributed by atoms with Crippen LogP contribution in [-0.4, -0.2) is 28.3 Å². The van der Waals surface area contributed by atoms with Crippen molar-refractivity contribution in [2.75, 3.05) is 0 Å². The Kier molecular flexibility index (Phi) is 5.27. The van der Waals surface area contributed by atoms with Crippen molar-refractivity contribution in [1.82, 2.24) is 5.32 Å². The first kappa shape index (κ1) is 15.6. The average Bonchev–Trinajstić information content (AvgIpc) is 2.39. The van der Waals surface area contributed by atoms with Crippen molar-refractivity contribution >= 4 is 29.1 Å². The summed E-state index contributed by atoms with van der Waals surface area (Å²) in [6.45, 7) is 0. The first-order valence-corrected chi connectivity index (χ1v) is 7.35. The lowest BCUT2D eigenvalue weighted by Gasteiger charge is -2.29. The highest BCUT2D eigenvalue weighted by atomic mass is 35.5. The van der Waals surface area contributed by atoms with E-state index in [0.29, 0.717) is 22.0 Å². The monoisotopic (exact) mass is 317 g/mol. The summed E-state index contributed by atoms with van der Waals surface area (Å²) in [6.07, 6.45) is 1.41. The van der Waals surface area contributed by atoms with Gasteiger partial charge in [-0.05, 0) is 36.6 Å². The number of nitrogens with one attached hydrogen (secondary N) is 1. The summed E-state index contributed by atoms with van der Waals surface area (Å²) < 4.78 is 0. The van der Waals surface area contributed by atoms with Crippen molar-refractivity contribution in [3.63, 3.8) is 0 Å². The van der Waals surface area contributed by atoms with Crippen LogP contribution in [0.3, 0.4) is 0 Å². The van der Waals surface area contributed by atoms with Crippen molar-refractivity contribution in [1.29, 1.82) is 0 Å². The molecule has 1 aliphatic rings. The summed E-state index contributed by atoms with van der Waals surface area (Å²) in [6, 6.07) is 4.21. The van der Waals surface area contributed by atoms with E-state index in [2.05, 4.69) is 5.32 Å². The molecule has 1 amide bonds. The molecule has 3 N–H and O–H groups in total. The minimum absolute atomic E-state index is 0.305. The topological polar surface area (TPSA) is 69.6 Å². The van der Waals surface area contributed by atoms with Gasteiger partial charge in [0, 0.05) is 10.0 Å². The van der Waals surface area contributed by atoms with E-state index in [1.165, 1.54) is 18.2 Å². The Labute approximate surface area is 127 Å². The van der Waals surface area contributed by atoms with E-state index in [0.717, 1.165) is 19.3 Å². The van der Waals surface area contributed by atoms with Gasteiger partial charge in [0.25, 0.3) is 5.91 Å². The summed E-state index contributed by atoms with van der Waals surface area (Å²) in [5, 5.41) is 23.3. The fourth-order valence-corrected chi connectivity index (χ4v) is 2.97.